The number of piperidine rings is 1. The molecule has 2 rings (SSSR count). The molecule has 1 unspecified atom stereocenters. The maximum Gasteiger partial charge on any atom is 0.239 e. The van der Waals surface area contributed by atoms with Crippen molar-refractivity contribution in [3.05, 3.63) is 18.0 Å². The lowest BCUT2D eigenvalue weighted by Crippen LogP contribution is -2.50. The van der Waals surface area contributed by atoms with Crippen molar-refractivity contribution < 1.29 is 4.79 Å². The van der Waals surface area contributed by atoms with E-state index in [-0.39, 0.29) is 11.9 Å². The lowest BCUT2D eigenvalue weighted by molar-refractivity contribution is -0.135. The molecule has 1 N–H and O–H groups in total. The molecule has 0 aromatic carbocycles. The highest BCUT2D eigenvalue weighted by Crippen LogP contribution is 2.12. The predicted octanol–water partition coefficient (Wildman–Crippen LogP) is 0.173. The predicted molar refractivity (Wildman–Crippen MR) is 65.6 cm³/mol. The summed E-state index contributed by atoms with van der Waals surface area (Å²) in [5.41, 5.74) is 1.19. The number of hydrogen-bond acceptors (Lipinski definition) is 3. The van der Waals surface area contributed by atoms with E-state index in [1.807, 2.05) is 31.4 Å². The van der Waals surface area contributed by atoms with Crippen LogP contribution in [0.3, 0.4) is 0 Å². The fraction of sp³-hybridized carbons (Fsp3) is 0.667. The van der Waals surface area contributed by atoms with E-state index in [0.29, 0.717) is 0 Å². The van der Waals surface area contributed by atoms with Crippen LogP contribution in [-0.2, 0) is 18.3 Å². The Morgan fingerprint density at radius 1 is 1.59 bits per heavy atom. The number of amides is 1. The number of carbonyl (C=O) groups is 1. The molecule has 0 radical (unpaired) electrons. The average Bonchev–Trinajstić information content (AvgIpc) is 2.74. The van der Waals surface area contributed by atoms with Crippen molar-refractivity contribution in [1.29, 1.82) is 0 Å². The first-order valence-corrected chi connectivity index (χ1v) is 6.14. The third kappa shape index (κ3) is 2.85. The molecule has 0 saturated carbocycles. The van der Waals surface area contributed by atoms with Crippen molar-refractivity contribution >= 4 is 5.91 Å². The van der Waals surface area contributed by atoms with Gasteiger partial charge in [-0.05, 0) is 31.9 Å². The first kappa shape index (κ1) is 12.1. The minimum Gasteiger partial charge on any atom is -0.341 e. The van der Waals surface area contributed by atoms with Gasteiger partial charge in [0.1, 0.15) is 0 Å². The van der Waals surface area contributed by atoms with Crippen LogP contribution in [0.5, 0.6) is 0 Å². The lowest BCUT2D eigenvalue weighted by atomic mass is 10.0. The molecule has 5 nitrogen and oxygen atoms in total. The smallest absolute Gasteiger partial charge is 0.239 e. The van der Waals surface area contributed by atoms with E-state index in [0.717, 1.165) is 32.4 Å². The fourth-order valence-corrected chi connectivity index (χ4v) is 2.30. The molecular weight excluding hydrogens is 216 g/mol. The molecule has 0 spiro atoms. The normalized spacial score (nSPS) is 20.9. The molecule has 0 bridgehead atoms. The summed E-state index contributed by atoms with van der Waals surface area (Å²) in [5.74, 6) is 0.239. The summed E-state index contributed by atoms with van der Waals surface area (Å²) in [5, 5.41) is 7.21. The van der Waals surface area contributed by atoms with Crippen LogP contribution >= 0.6 is 0 Å². The van der Waals surface area contributed by atoms with Gasteiger partial charge in [0.2, 0.25) is 5.91 Å². The summed E-state index contributed by atoms with van der Waals surface area (Å²) >= 11 is 0. The molecule has 5 heteroatoms. The molecule has 1 atom stereocenters. The Kier molecular flexibility index (Phi) is 3.78. The Bertz CT molecular complexity index is 388. The van der Waals surface area contributed by atoms with E-state index in [2.05, 4.69) is 10.4 Å². The molecule has 1 saturated heterocycles. The summed E-state index contributed by atoms with van der Waals surface area (Å²) in [6, 6.07) is 0.0117. The van der Waals surface area contributed by atoms with Crippen LogP contribution in [0.15, 0.2) is 12.4 Å². The number of carbonyl (C=O) groups excluding carboxylic acids is 1. The van der Waals surface area contributed by atoms with Gasteiger partial charge in [-0.1, -0.05) is 0 Å². The number of aromatic nitrogens is 2. The SMILES string of the molecule is CNC1CCCN(CCc2cnn(C)c2)C1=O. The number of likely N-dealkylation sites (N-methyl/N-ethyl adjacent to an activating group) is 1. The molecule has 94 valence electrons. The summed E-state index contributed by atoms with van der Waals surface area (Å²) in [6.07, 6.45) is 6.80. The minimum absolute atomic E-state index is 0.0117. The maximum absolute atomic E-state index is 12.0. The number of likely N-dealkylation sites (tertiary alicyclic amines) is 1. The van der Waals surface area contributed by atoms with Gasteiger partial charge in [0, 0.05) is 26.3 Å². The van der Waals surface area contributed by atoms with Crippen LogP contribution in [-0.4, -0.2) is 46.8 Å². The lowest BCUT2D eigenvalue weighted by Gasteiger charge is -2.32. The zero-order valence-corrected chi connectivity index (χ0v) is 10.5. The minimum atomic E-state index is 0.0117. The molecule has 1 amide bonds. The molecule has 17 heavy (non-hydrogen) atoms. The number of aryl methyl sites for hydroxylation is 1. The first-order valence-electron chi connectivity index (χ1n) is 6.14. The molecule has 1 aromatic heterocycles. The molecule has 1 aliphatic rings. The van der Waals surface area contributed by atoms with Gasteiger partial charge < -0.3 is 10.2 Å². The monoisotopic (exact) mass is 236 g/mol. The number of nitrogens with one attached hydrogen (secondary N) is 1. The van der Waals surface area contributed by atoms with E-state index >= 15 is 0 Å². The van der Waals surface area contributed by atoms with E-state index in [9.17, 15) is 4.79 Å². The van der Waals surface area contributed by atoms with Gasteiger partial charge in [0.05, 0.1) is 12.2 Å². The van der Waals surface area contributed by atoms with E-state index < -0.39 is 0 Å². The molecule has 1 aromatic rings. The Morgan fingerprint density at radius 2 is 2.41 bits per heavy atom. The first-order chi connectivity index (χ1) is 8.20. The van der Waals surface area contributed by atoms with Crippen LogP contribution in [0.4, 0.5) is 0 Å². The van der Waals surface area contributed by atoms with Crippen molar-refractivity contribution in [3.8, 4) is 0 Å². The van der Waals surface area contributed by atoms with Crippen molar-refractivity contribution in [2.45, 2.75) is 25.3 Å². The second-order valence-electron chi connectivity index (χ2n) is 4.58. The zero-order chi connectivity index (χ0) is 12.3. The topological polar surface area (TPSA) is 50.2 Å². The Balaban J connectivity index is 1.88. The molecule has 2 heterocycles. The Hall–Kier alpha value is -1.36. The van der Waals surface area contributed by atoms with Crippen LogP contribution in [0.2, 0.25) is 0 Å². The highest BCUT2D eigenvalue weighted by atomic mass is 16.2. The standard InChI is InChI=1S/C12H20N4O/c1-13-11-4-3-6-16(12(11)17)7-5-10-8-14-15(2)9-10/h8-9,11,13H,3-7H2,1-2H3. The summed E-state index contributed by atoms with van der Waals surface area (Å²) in [6.45, 7) is 1.68. The third-order valence-electron chi connectivity index (χ3n) is 3.31. The zero-order valence-electron chi connectivity index (χ0n) is 10.5. The number of nitrogens with zero attached hydrogens (tertiary/aromatic N) is 3. The second kappa shape index (κ2) is 5.31. The Morgan fingerprint density at radius 3 is 3.06 bits per heavy atom. The van der Waals surface area contributed by atoms with Gasteiger partial charge >= 0.3 is 0 Å². The van der Waals surface area contributed by atoms with Gasteiger partial charge in [-0.25, -0.2) is 0 Å². The van der Waals surface area contributed by atoms with Crippen molar-refractivity contribution in [1.82, 2.24) is 20.0 Å². The molecule has 1 fully saturated rings. The Labute approximate surface area is 102 Å². The average molecular weight is 236 g/mol. The van der Waals surface area contributed by atoms with Crippen LogP contribution in [0.25, 0.3) is 0 Å². The highest BCUT2D eigenvalue weighted by molar-refractivity contribution is 5.82. The van der Waals surface area contributed by atoms with Gasteiger partial charge in [0.25, 0.3) is 0 Å². The van der Waals surface area contributed by atoms with Crippen LogP contribution in [0.1, 0.15) is 18.4 Å². The van der Waals surface area contributed by atoms with Gasteiger partial charge in [0.15, 0.2) is 0 Å². The van der Waals surface area contributed by atoms with Gasteiger partial charge in [-0.15, -0.1) is 0 Å². The van der Waals surface area contributed by atoms with E-state index in [1.165, 1.54) is 5.56 Å². The number of rotatable bonds is 4. The van der Waals surface area contributed by atoms with Gasteiger partial charge in [-0.2, -0.15) is 5.10 Å². The highest BCUT2D eigenvalue weighted by Gasteiger charge is 2.26. The molecule has 0 aliphatic carbocycles. The molecule has 1 aliphatic heterocycles. The van der Waals surface area contributed by atoms with Crippen LogP contribution < -0.4 is 5.32 Å². The van der Waals surface area contributed by atoms with Crippen molar-refractivity contribution in [2.24, 2.45) is 7.05 Å². The van der Waals surface area contributed by atoms with Gasteiger partial charge in [-0.3, -0.25) is 9.48 Å². The summed E-state index contributed by atoms with van der Waals surface area (Å²) in [7, 11) is 3.76. The number of hydrogen-bond donors (Lipinski definition) is 1. The van der Waals surface area contributed by atoms with Crippen LogP contribution in [0, 0.1) is 0 Å². The summed E-state index contributed by atoms with van der Waals surface area (Å²) in [4.78, 5) is 14.0. The fourth-order valence-electron chi connectivity index (χ4n) is 2.30. The van der Waals surface area contributed by atoms with Crippen molar-refractivity contribution in [2.75, 3.05) is 20.1 Å². The maximum atomic E-state index is 12.0. The third-order valence-corrected chi connectivity index (χ3v) is 3.31. The molecular formula is C12H20N4O. The van der Waals surface area contributed by atoms with E-state index in [1.54, 1.807) is 4.68 Å². The van der Waals surface area contributed by atoms with Crippen molar-refractivity contribution in [3.63, 3.8) is 0 Å². The largest absolute Gasteiger partial charge is 0.341 e. The van der Waals surface area contributed by atoms with E-state index in [4.69, 9.17) is 0 Å². The second-order valence-corrected chi connectivity index (χ2v) is 4.58. The summed E-state index contributed by atoms with van der Waals surface area (Å²) < 4.78 is 1.80. The quantitative estimate of drug-likeness (QED) is 0.811.